The van der Waals surface area contributed by atoms with Crippen molar-refractivity contribution in [2.45, 2.75) is 25.9 Å². The second kappa shape index (κ2) is 9.58. The Morgan fingerprint density at radius 1 is 1.03 bits per heavy atom. The summed E-state index contributed by atoms with van der Waals surface area (Å²) < 4.78 is 10.8. The maximum atomic E-state index is 12.9. The van der Waals surface area contributed by atoms with Gasteiger partial charge in [-0.2, -0.15) is 0 Å². The third-order valence-corrected chi connectivity index (χ3v) is 5.85. The first kappa shape index (κ1) is 21.5. The van der Waals surface area contributed by atoms with E-state index in [1.807, 2.05) is 29.2 Å². The summed E-state index contributed by atoms with van der Waals surface area (Å²) in [5.74, 6) is 1.45. The highest BCUT2D eigenvalue weighted by molar-refractivity contribution is 6.30. The van der Waals surface area contributed by atoms with Crippen molar-refractivity contribution in [3.63, 3.8) is 0 Å². The number of carbonyl (C=O) groups is 2. The number of benzene rings is 2. The molecule has 2 amide bonds. The summed E-state index contributed by atoms with van der Waals surface area (Å²) in [6.45, 7) is 5.46. The van der Waals surface area contributed by atoms with Crippen LogP contribution in [0.3, 0.4) is 0 Å². The van der Waals surface area contributed by atoms with Crippen LogP contribution in [0, 0.1) is 0 Å². The lowest BCUT2D eigenvalue weighted by molar-refractivity contribution is -0.133. The molecule has 31 heavy (non-hydrogen) atoms. The lowest BCUT2D eigenvalue weighted by atomic mass is 10.0. The Balaban J connectivity index is 1.31. The molecule has 1 saturated heterocycles. The van der Waals surface area contributed by atoms with Crippen molar-refractivity contribution in [3.8, 4) is 11.5 Å². The van der Waals surface area contributed by atoms with Gasteiger partial charge in [0.15, 0.2) is 11.5 Å². The molecule has 1 N–H and O–H groups in total. The van der Waals surface area contributed by atoms with Crippen LogP contribution in [0.25, 0.3) is 0 Å². The second-order valence-corrected chi connectivity index (χ2v) is 8.29. The second-order valence-electron chi connectivity index (χ2n) is 7.85. The van der Waals surface area contributed by atoms with Gasteiger partial charge >= 0.3 is 0 Å². The minimum atomic E-state index is -0.367. The van der Waals surface area contributed by atoms with Gasteiger partial charge in [0.25, 0.3) is 0 Å². The van der Waals surface area contributed by atoms with Crippen molar-refractivity contribution in [3.05, 3.63) is 58.6 Å². The molecule has 1 atom stereocenters. The largest absolute Gasteiger partial charge is 0.454 e. The Morgan fingerprint density at radius 2 is 1.74 bits per heavy atom. The molecule has 2 heterocycles. The number of hydrogen-bond acceptors (Lipinski definition) is 5. The van der Waals surface area contributed by atoms with Crippen LogP contribution < -0.4 is 14.8 Å². The zero-order valence-corrected chi connectivity index (χ0v) is 18.2. The predicted octanol–water partition coefficient (Wildman–Crippen LogP) is 2.98. The topological polar surface area (TPSA) is 71.1 Å². The van der Waals surface area contributed by atoms with Crippen LogP contribution in [0.2, 0.25) is 5.02 Å². The molecule has 0 aliphatic carbocycles. The lowest BCUT2D eigenvalue weighted by Crippen LogP contribution is -2.49. The molecule has 0 bridgehead atoms. The van der Waals surface area contributed by atoms with Gasteiger partial charge in [-0.3, -0.25) is 14.5 Å². The van der Waals surface area contributed by atoms with Gasteiger partial charge in [0.1, 0.15) is 0 Å². The molecule has 2 aliphatic rings. The standard InChI is InChI=1S/C23H26ClN3O4/c1-16(28)25-20(18-3-5-19(24)6-4-18)13-23(29)27-10-8-26(9-11-27)14-17-2-7-21-22(12-17)31-15-30-21/h2-7,12,20H,8-11,13-15H2,1H3,(H,25,28)/t20-/m0/s1. The van der Waals surface area contributed by atoms with Gasteiger partial charge in [0.05, 0.1) is 12.5 Å². The molecule has 1 fully saturated rings. The van der Waals surface area contributed by atoms with E-state index in [2.05, 4.69) is 16.3 Å². The quantitative estimate of drug-likeness (QED) is 0.743. The van der Waals surface area contributed by atoms with Crippen molar-refractivity contribution >= 4 is 23.4 Å². The fourth-order valence-electron chi connectivity index (χ4n) is 3.95. The molecule has 0 saturated carbocycles. The maximum Gasteiger partial charge on any atom is 0.231 e. The van der Waals surface area contributed by atoms with Gasteiger partial charge in [0, 0.05) is 44.7 Å². The zero-order valence-electron chi connectivity index (χ0n) is 17.5. The highest BCUT2D eigenvalue weighted by Gasteiger charge is 2.25. The number of nitrogens with zero attached hydrogens (tertiary/aromatic N) is 2. The number of carbonyl (C=O) groups excluding carboxylic acids is 2. The number of hydrogen-bond donors (Lipinski definition) is 1. The summed E-state index contributed by atoms with van der Waals surface area (Å²) in [5, 5.41) is 3.51. The Kier molecular flexibility index (Phi) is 6.63. The Bertz CT molecular complexity index is 942. The van der Waals surface area contributed by atoms with Crippen LogP contribution in [0.1, 0.15) is 30.5 Å². The summed E-state index contributed by atoms with van der Waals surface area (Å²) >= 11 is 5.97. The first-order valence-electron chi connectivity index (χ1n) is 10.4. The molecule has 0 unspecified atom stereocenters. The highest BCUT2D eigenvalue weighted by atomic mass is 35.5. The maximum absolute atomic E-state index is 12.9. The number of ether oxygens (including phenoxy) is 2. The fraction of sp³-hybridized carbons (Fsp3) is 0.391. The van der Waals surface area contributed by atoms with Crippen LogP contribution in [-0.2, 0) is 16.1 Å². The van der Waals surface area contributed by atoms with Crippen molar-refractivity contribution in [2.24, 2.45) is 0 Å². The van der Waals surface area contributed by atoms with Gasteiger partial charge in [-0.15, -0.1) is 0 Å². The normalized spacial score (nSPS) is 16.8. The lowest BCUT2D eigenvalue weighted by Gasteiger charge is -2.35. The number of fused-ring (bicyclic) bond motifs is 1. The summed E-state index contributed by atoms with van der Waals surface area (Å²) in [7, 11) is 0. The van der Waals surface area contributed by atoms with E-state index in [9.17, 15) is 9.59 Å². The monoisotopic (exact) mass is 443 g/mol. The number of piperazine rings is 1. The van der Waals surface area contributed by atoms with Gasteiger partial charge in [-0.25, -0.2) is 0 Å². The first-order chi connectivity index (χ1) is 15.0. The molecule has 2 aromatic carbocycles. The number of rotatable bonds is 6. The van der Waals surface area contributed by atoms with Crippen LogP contribution in [0.4, 0.5) is 0 Å². The van der Waals surface area contributed by atoms with Gasteiger partial charge in [0.2, 0.25) is 18.6 Å². The summed E-state index contributed by atoms with van der Waals surface area (Å²) in [5.41, 5.74) is 2.03. The average molecular weight is 444 g/mol. The molecule has 7 nitrogen and oxygen atoms in total. The van der Waals surface area contributed by atoms with Crippen molar-refractivity contribution in [1.82, 2.24) is 15.1 Å². The first-order valence-corrected chi connectivity index (χ1v) is 10.8. The van der Waals surface area contributed by atoms with Gasteiger partial charge < -0.3 is 19.7 Å². The SMILES string of the molecule is CC(=O)N[C@@H](CC(=O)N1CCN(Cc2ccc3c(c2)OCO3)CC1)c1ccc(Cl)cc1. The molecule has 0 spiro atoms. The molecule has 0 aromatic heterocycles. The zero-order chi connectivity index (χ0) is 21.8. The molecule has 4 rings (SSSR count). The van der Waals surface area contributed by atoms with E-state index in [0.29, 0.717) is 18.1 Å². The van der Waals surface area contributed by atoms with E-state index >= 15 is 0 Å². The van der Waals surface area contributed by atoms with E-state index in [-0.39, 0.29) is 31.1 Å². The van der Waals surface area contributed by atoms with E-state index in [4.69, 9.17) is 21.1 Å². The van der Waals surface area contributed by atoms with E-state index < -0.39 is 0 Å². The highest BCUT2D eigenvalue weighted by Crippen LogP contribution is 2.33. The van der Waals surface area contributed by atoms with Crippen molar-refractivity contribution in [1.29, 1.82) is 0 Å². The molecular weight excluding hydrogens is 418 g/mol. The third-order valence-electron chi connectivity index (χ3n) is 5.60. The summed E-state index contributed by atoms with van der Waals surface area (Å²) in [6, 6.07) is 12.9. The van der Waals surface area contributed by atoms with Gasteiger partial charge in [-0.1, -0.05) is 29.8 Å². The summed E-state index contributed by atoms with van der Waals surface area (Å²) in [6.07, 6.45) is 0.226. The molecule has 2 aromatic rings. The van der Waals surface area contributed by atoms with Crippen LogP contribution >= 0.6 is 11.6 Å². The number of amides is 2. The van der Waals surface area contributed by atoms with Gasteiger partial charge in [-0.05, 0) is 35.4 Å². The molecule has 2 aliphatic heterocycles. The van der Waals surface area contributed by atoms with Crippen LogP contribution in [0.15, 0.2) is 42.5 Å². The smallest absolute Gasteiger partial charge is 0.231 e. The van der Waals surface area contributed by atoms with Crippen molar-refractivity contribution in [2.75, 3.05) is 33.0 Å². The number of halogens is 1. The third kappa shape index (κ3) is 5.48. The van der Waals surface area contributed by atoms with E-state index in [0.717, 1.165) is 42.3 Å². The molecular formula is C23H26ClN3O4. The minimum Gasteiger partial charge on any atom is -0.454 e. The minimum absolute atomic E-state index is 0.0384. The van der Waals surface area contributed by atoms with Crippen LogP contribution in [-0.4, -0.2) is 54.6 Å². The molecule has 0 radical (unpaired) electrons. The Hall–Kier alpha value is -2.77. The predicted molar refractivity (Wildman–Crippen MR) is 117 cm³/mol. The fourth-order valence-corrected chi connectivity index (χ4v) is 4.08. The van der Waals surface area contributed by atoms with Crippen molar-refractivity contribution < 1.29 is 19.1 Å². The molecule has 8 heteroatoms. The Morgan fingerprint density at radius 3 is 2.45 bits per heavy atom. The average Bonchev–Trinajstić information content (AvgIpc) is 3.22. The number of nitrogens with one attached hydrogen (secondary N) is 1. The van der Waals surface area contributed by atoms with Crippen LogP contribution in [0.5, 0.6) is 11.5 Å². The summed E-state index contributed by atoms with van der Waals surface area (Å²) in [4.78, 5) is 28.8. The van der Waals surface area contributed by atoms with E-state index in [1.54, 1.807) is 12.1 Å². The molecule has 164 valence electrons. The van der Waals surface area contributed by atoms with E-state index in [1.165, 1.54) is 6.92 Å². The Labute approximate surface area is 186 Å².